The zero-order valence-electron chi connectivity index (χ0n) is 8.08. The molecule has 4 nitrogen and oxygen atoms in total. The first-order valence-corrected chi connectivity index (χ1v) is 4.63. The van der Waals surface area contributed by atoms with Crippen LogP contribution < -0.4 is 10.1 Å². The Morgan fingerprint density at radius 2 is 2.54 bits per heavy atom. The number of aryl methyl sites for hydroxylation is 1. The van der Waals surface area contributed by atoms with Crippen molar-refractivity contribution in [1.82, 2.24) is 15.1 Å². The van der Waals surface area contributed by atoms with Gasteiger partial charge in [0.15, 0.2) is 5.75 Å². The highest BCUT2D eigenvalue weighted by atomic mass is 16.5. The van der Waals surface area contributed by atoms with Crippen LogP contribution >= 0.6 is 0 Å². The summed E-state index contributed by atoms with van der Waals surface area (Å²) < 4.78 is 7.61. The Morgan fingerprint density at radius 1 is 1.69 bits per heavy atom. The van der Waals surface area contributed by atoms with E-state index >= 15 is 0 Å². The Kier molecular flexibility index (Phi) is 2.22. The van der Waals surface area contributed by atoms with Gasteiger partial charge in [0.25, 0.3) is 0 Å². The summed E-state index contributed by atoms with van der Waals surface area (Å²) in [7, 11) is 1.93. The van der Waals surface area contributed by atoms with Crippen molar-refractivity contribution in [3.05, 3.63) is 11.9 Å². The lowest BCUT2D eigenvalue weighted by atomic mass is 10.3. The van der Waals surface area contributed by atoms with Crippen LogP contribution in [-0.4, -0.2) is 29.0 Å². The summed E-state index contributed by atoms with van der Waals surface area (Å²) in [5.74, 6) is 0.913. The predicted octanol–water partition coefficient (Wildman–Crippen LogP) is 0.469. The fourth-order valence-electron chi connectivity index (χ4n) is 1.50. The van der Waals surface area contributed by atoms with Crippen molar-refractivity contribution in [2.24, 2.45) is 7.05 Å². The summed E-state index contributed by atoms with van der Waals surface area (Å²) in [6.07, 6.45) is 3.20. The molecule has 13 heavy (non-hydrogen) atoms. The Balaban J connectivity index is 2.04. The van der Waals surface area contributed by atoms with E-state index in [1.165, 1.54) is 0 Å². The number of ether oxygens (including phenoxy) is 1. The molecule has 0 saturated carbocycles. The van der Waals surface area contributed by atoms with Gasteiger partial charge >= 0.3 is 0 Å². The third-order valence-corrected chi connectivity index (χ3v) is 2.50. The van der Waals surface area contributed by atoms with Gasteiger partial charge in [0.05, 0.1) is 11.9 Å². The van der Waals surface area contributed by atoms with Gasteiger partial charge in [0.1, 0.15) is 6.10 Å². The van der Waals surface area contributed by atoms with E-state index in [2.05, 4.69) is 10.4 Å². The molecular formula is C9H15N3O. The summed E-state index contributed by atoms with van der Waals surface area (Å²) in [4.78, 5) is 0. The maximum atomic E-state index is 5.78. The minimum Gasteiger partial charge on any atom is -0.485 e. The highest BCUT2D eigenvalue weighted by molar-refractivity contribution is 5.23. The topological polar surface area (TPSA) is 39.1 Å². The summed E-state index contributed by atoms with van der Waals surface area (Å²) in [6.45, 7) is 4.03. The Labute approximate surface area is 77.9 Å². The van der Waals surface area contributed by atoms with Crippen molar-refractivity contribution in [3.8, 4) is 5.75 Å². The number of nitrogens with zero attached hydrogens (tertiary/aromatic N) is 2. The zero-order chi connectivity index (χ0) is 9.26. The van der Waals surface area contributed by atoms with Crippen LogP contribution in [0.15, 0.2) is 6.20 Å². The molecule has 1 aliphatic heterocycles. The predicted molar refractivity (Wildman–Crippen MR) is 49.8 cm³/mol. The van der Waals surface area contributed by atoms with E-state index in [0.29, 0.717) is 6.10 Å². The third kappa shape index (κ3) is 1.67. The Morgan fingerprint density at radius 3 is 3.08 bits per heavy atom. The van der Waals surface area contributed by atoms with Gasteiger partial charge in [-0.25, -0.2) is 0 Å². The molecule has 0 aliphatic carbocycles. The van der Waals surface area contributed by atoms with Crippen molar-refractivity contribution >= 4 is 0 Å². The van der Waals surface area contributed by atoms with Gasteiger partial charge in [-0.15, -0.1) is 0 Å². The lowest BCUT2D eigenvalue weighted by molar-refractivity contribution is 0.221. The SMILES string of the molecule is Cc1c(OC2CCNC2)cnn1C. The molecule has 1 saturated heterocycles. The second kappa shape index (κ2) is 3.38. The number of aromatic nitrogens is 2. The second-order valence-corrected chi connectivity index (χ2v) is 3.45. The highest BCUT2D eigenvalue weighted by Crippen LogP contribution is 2.18. The van der Waals surface area contributed by atoms with Crippen LogP contribution in [0.3, 0.4) is 0 Å². The van der Waals surface area contributed by atoms with Crippen molar-refractivity contribution in [3.63, 3.8) is 0 Å². The molecule has 1 N–H and O–H groups in total. The molecule has 1 aromatic rings. The van der Waals surface area contributed by atoms with Crippen LogP contribution in [0.5, 0.6) is 5.75 Å². The molecule has 2 heterocycles. The fourth-order valence-corrected chi connectivity index (χ4v) is 1.50. The van der Waals surface area contributed by atoms with Crippen LogP contribution in [0.1, 0.15) is 12.1 Å². The summed E-state index contributed by atoms with van der Waals surface area (Å²) in [5, 5.41) is 7.40. The first kappa shape index (κ1) is 8.56. The van der Waals surface area contributed by atoms with Gasteiger partial charge in [-0.05, 0) is 19.9 Å². The Bertz CT molecular complexity index is 289. The molecule has 1 atom stereocenters. The minimum absolute atomic E-state index is 0.322. The number of hydrogen-bond acceptors (Lipinski definition) is 3. The van der Waals surface area contributed by atoms with Crippen molar-refractivity contribution in [1.29, 1.82) is 0 Å². The van der Waals surface area contributed by atoms with Gasteiger partial charge in [0.2, 0.25) is 0 Å². The molecule has 0 aromatic carbocycles. The van der Waals surface area contributed by atoms with E-state index < -0.39 is 0 Å². The van der Waals surface area contributed by atoms with E-state index in [9.17, 15) is 0 Å². The van der Waals surface area contributed by atoms with Gasteiger partial charge < -0.3 is 10.1 Å². The molecule has 2 rings (SSSR count). The largest absolute Gasteiger partial charge is 0.485 e. The number of rotatable bonds is 2. The van der Waals surface area contributed by atoms with E-state index in [1.54, 1.807) is 6.20 Å². The maximum Gasteiger partial charge on any atom is 0.160 e. The van der Waals surface area contributed by atoms with Crippen LogP contribution in [0.4, 0.5) is 0 Å². The molecule has 1 aliphatic rings. The summed E-state index contributed by atoms with van der Waals surface area (Å²) in [5.41, 5.74) is 1.09. The van der Waals surface area contributed by atoms with Crippen molar-refractivity contribution in [2.45, 2.75) is 19.4 Å². The lowest BCUT2D eigenvalue weighted by Gasteiger charge is -2.11. The quantitative estimate of drug-likeness (QED) is 0.721. The first-order chi connectivity index (χ1) is 6.27. The lowest BCUT2D eigenvalue weighted by Crippen LogP contribution is -2.19. The van der Waals surface area contributed by atoms with E-state index in [1.807, 2.05) is 18.7 Å². The average molecular weight is 181 g/mol. The molecule has 0 radical (unpaired) electrons. The van der Waals surface area contributed by atoms with Gasteiger partial charge in [0, 0.05) is 13.6 Å². The molecule has 1 fully saturated rings. The smallest absolute Gasteiger partial charge is 0.160 e. The van der Waals surface area contributed by atoms with Crippen LogP contribution in [-0.2, 0) is 7.05 Å². The molecule has 72 valence electrons. The average Bonchev–Trinajstić information content (AvgIpc) is 2.71. The first-order valence-electron chi connectivity index (χ1n) is 4.63. The van der Waals surface area contributed by atoms with Crippen molar-refractivity contribution in [2.75, 3.05) is 13.1 Å². The fraction of sp³-hybridized carbons (Fsp3) is 0.667. The van der Waals surface area contributed by atoms with E-state index in [4.69, 9.17) is 4.74 Å². The van der Waals surface area contributed by atoms with E-state index in [0.717, 1.165) is 31.0 Å². The monoisotopic (exact) mass is 181 g/mol. The van der Waals surface area contributed by atoms with Crippen LogP contribution in [0.25, 0.3) is 0 Å². The maximum absolute atomic E-state index is 5.78. The Hall–Kier alpha value is -1.03. The van der Waals surface area contributed by atoms with Crippen LogP contribution in [0, 0.1) is 6.92 Å². The molecule has 1 aromatic heterocycles. The van der Waals surface area contributed by atoms with Gasteiger partial charge in [-0.1, -0.05) is 0 Å². The van der Waals surface area contributed by atoms with Gasteiger partial charge in [-0.2, -0.15) is 5.10 Å². The van der Waals surface area contributed by atoms with Crippen molar-refractivity contribution < 1.29 is 4.74 Å². The molecule has 0 amide bonds. The van der Waals surface area contributed by atoms with E-state index in [-0.39, 0.29) is 0 Å². The van der Waals surface area contributed by atoms with Gasteiger partial charge in [-0.3, -0.25) is 4.68 Å². The number of hydrogen-bond donors (Lipinski definition) is 1. The molecular weight excluding hydrogens is 166 g/mol. The normalized spacial score (nSPS) is 22.2. The zero-order valence-corrected chi connectivity index (χ0v) is 8.08. The standard InChI is InChI=1S/C9H15N3O/c1-7-9(6-11-12(7)2)13-8-3-4-10-5-8/h6,8,10H,3-5H2,1-2H3. The highest BCUT2D eigenvalue weighted by Gasteiger charge is 2.17. The molecule has 0 bridgehead atoms. The molecule has 0 spiro atoms. The minimum atomic E-state index is 0.322. The third-order valence-electron chi connectivity index (χ3n) is 2.50. The summed E-state index contributed by atoms with van der Waals surface area (Å²) in [6, 6.07) is 0. The second-order valence-electron chi connectivity index (χ2n) is 3.45. The summed E-state index contributed by atoms with van der Waals surface area (Å²) >= 11 is 0. The van der Waals surface area contributed by atoms with Crippen LogP contribution in [0.2, 0.25) is 0 Å². The number of nitrogens with one attached hydrogen (secondary N) is 1. The molecule has 4 heteroatoms. The molecule has 1 unspecified atom stereocenters.